The van der Waals surface area contributed by atoms with E-state index in [-0.39, 0.29) is 11.6 Å². The van der Waals surface area contributed by atoms with E-state index >= 15 is 0 Å². The van der Waals surface area contributed by atoms with Crippen LogP contribution in [0.5, 0.6) is 0 Å². The third-order valence-corrected chi connectivity index (χ3v) is 3.37. The number of aliphatic hydroxyl groups is 1. The molecule has 0 amide bonds. The van der Waals surface area contributed by atoms with Crippen molar-refractivity contribution in [3.63, 3.8) is 0 Å². The van der Waals surface area contributed by atoms with Crippen LogP contribution in [0, 0.1) is 5.82 Å². The Morgan fingerprint density at radius 1 is 1.26 bits per heavy atom. The summed E-state index contributed by atoms with van der Waals surface area (Å²) < 4.78 is 50.7. The smallest absolute Gasteiger partial charge is 0.387 e. The van der Waals surface area contributed by atoms with Crippen molar-refractivity contribution in [2.75, 3.05) is 6.54 Å². The standard InChI is InChI=1S/C13H15F4NO/c14-10-7-8(4-5-9(10)13(15,16)17)12(19)11-3-1-2-6-18-11/h4-5,7,11-12,18-19H,1-3,6H2. The van der Waals surface area contributed by atoms with Crippen molar-refractivity contribution in [3.8, 4) is 0 Å². The van der Waals surface area contributed by atoms with Crippen LogP contribution >= 0.6 is 0 Å². The molecule has 2 rings (SSSR count). The molecule has 19 heavy (non-hydrogen) atoms. The van der Waals surface area contributed by atoms with E-state index in [1.807, 2.05) is 0 Å². The fourth-order valence-corrected chi connectivity index (χ4v) is 2.33. The van der Waals surface area contributed by atoms with Crippen molar-refractivity contribution >= 4 is 0 Å². The number of nitrogens with one attached hydrogen (secondary N) is 1. The van der Waals surface area contributed by atoms with Gasteiger partial charge in [0.2, 0.25) is 0 Å². The maximum Gasteiger partial charge on any atom is 0.419 e. The fourth-order valence-electron chi connectivity index (χ4n) is 2.33. The number of rotatable bonds is 2. The number of aliphatic hydroxyl groups excluding tert-OH is 1. The van der Waals surface area contributed by atoms with Gasteiger partial charge in [-0.1, -0.05) is 12.5 Å². The second-order valence-corrected chi connectivity index (χ2v) is 4.74. The zero-order valence-electron chi connectivity index (χ0n) is 10.2. The lowest BCUT2D eigenvalue weighted by Crippen LogP contribution is -2.38. The van der Waals surface area contributed by atoms with Gasteiger partial charge in [-0.3, -0.25) is 0 Å². The quantitative estimate of drug-likeness (QED) is 0.814. The molecule has 0 bridgehead atoms. The third kappa shape index (κ3) is 3.25. The molecule has 1 saturated heterocycles. The molecule has 1 aromatic rings. The van der Waals surface area contributed by atoms with Crippen LogP contribution in [0.15, 0.2) is 18.2 Å². The Hall–Kier alpha value is -1.14. The minimum absolute atomic E-state index is 0.171. The molecule has 2 atom stereocenters. The van der Waals surface area contributed by atoms with Gasteiger partial charge in [0.1, 0.15) is 5.82 Å². The van der Waals surface area contributed by atoms with Gasteiger partial charge in [0.05, 0.1) is 11.7 Å². The topological polar surface area (TPSA) is 32.3 Å². The SMILES string of the molecule is OC(c1ccc(C(F)(F)F)c(F)c1)C1CCCCN1. The molecule has 106 valence electrons. The van der Waals surface area contributed by atoms with E-state index in [1.54, 1.807) is 0 Å². The van der Waals surface area contributed by atoms with Crippen LogP contribution in [-0.4, -0.2) is 17.7 Å². The van der Waals surface area contributed by atoms with Crippen molar-refractivity contribution in [2.24, 2.45) is 0 Å². The Balaban J connectivity index is 2.19. The van der Waals surface area contributed by atoms with Gasteiger partial charge in [-0.2, -0.15) is 13.2 Å². The van der Waals surface area contributed by atoms with Gasteiger partial charge in [-0.05, 0) is 37.1 Å². The normalized spacial score (nSPS) is 22.3. The van der Waals surface area contributed by atoms with Gasteiger partial charge < -0.3 is 10.4 Å². The van der Waals surface area contributed by atoms with E-state index in [9.17, 15) is 22.7 Å². The van der Waals surface area contributed by atoms with Crippen molar-refractivity contribution in [1.82, 2.24) is 5.32 Å². The number of alkyl halides is 3. The summed E-state index contributed by atoms with van der Waals surface area (Å²) in [5.41, 5.74) is -1.13. The average molecular weight is 277 g/mol. The van der Waals surface area contributed by atoms with Crippen molar-refractivity contribution in [1.29, 1.82) is 0 Å². The molecule has 1 heterocycles. The lowest BCUT2D eigenvalue weighted by Gasteiger charge is -2.28. The largest absolute Gasteiger partial charge is 0.419 e. The Morgan fingerprint density at radius 3 is 2.53 bits per heavy atom. The first-order valence-corrected chi connectivity index (χ1v) is 6.17. The second kappa shape index (κ2) is 5.46. The third-order valence-electron chi connectivity index (χ3n) is 3.37. The minimum Gasteiger partial charge on any atom is -0.387 e. The number of hydrogen-bond donors (Lipinski definition) is 2. The van der Waals surface area contributed by atoms with Crippen LogP contribution in [0.3, 0.4) is 0 Å². The molecular formula is C13H15F4NO. The number of halogens is 4. The highest BCUT2D eigenvalue weighted by Gasteiger charge is 2.34. The summed E-state index contributed by atoms with van der Waals surface area (Å²) in [5.74, 6) is -1.35. The van der Waals surface area contributed by atoms with Crippen LogP contribution in [0.2, 0.25) is 0 Å². The summed E-state index contributed by atoms with van der Waals surface area (Å²) in [6.07, 6.45) is -3.03. The van der Waals surface area contributed by atoms with E-state index < -0.39 is 23.7 Å². The molecule has 1 aliphatic heterocycles. The molecule has 0 saturated carbocycles. The van der Waals surface area contributed by atoms with Crippen molar-refractivity contribution < 1.29 is 22.7 Å². The molecular weight excluding hydrogens is 262 g/mol. The Morgan fingerprint density at radius 2 is 2.00 bits per heavy atom. The minimum atomic E-state index is -4.71. The number of piperidine rings is 1. The lowest BCUT2D eigenvalue weighted by molar-refractivity contribution is -0.140. The molecule has 0 aromatic heterocycles. The highest BCUT2D eigenvalue weighted by Crippen LogP contribution is 2.33. The zero-order valence-corrected chi connectivity index (χ0v) is 10.2. The van der Waals surface area contributed by atoms with Crippen molar-refractivity contribution in [3.05, 3.63) is 35.1 Å². The Labute approximate surface area is 108 Å². The van der Waals surface area contributed by atoms with Crippen LogP contribution < -0.4 is 5.32 Å². The van der Waals surface area contributed by atoms with E-state index in [2.05, 4.69) is 5.32 Å². The predicted octanol–water partition coefficient (Wildman–Crippen LogP) is 3.02. The fraction of sp³-hybridized carbons (Fsp3) is 0.538. The van der Waals surface area contributed by atoms with Crippen LogP contribution in [0.4, 0.5) is 17.6 Å². The van der Waals surface area contributed by atoms with Crippen LogP contribution in [0.25, 0.3) is 0 Å². The Bertz CT molecular complexity index is 441. The maximum atomic E-state index is 13.4. The summed E-state index contributed by atoms with van der Waals surface area (Å²) in [7, 11) is 0. The zero-order chi connectivity index (χ0) is 14.0. The molecule has 0 radical (unpaired) electrons. The Kier molecular flexibility index (Phi) is 4.10. The predicted molar refractivity (Wildman–Crippen MR) is 62.0 cm³/mol. The molecule has 1 aliphatic rings. The monoisotopic (exact) mass is 277 g/mol. The lowest BCUT2D eigenvalue weighted by atomic mass is 9.94. The first-order valence-electron chi connectivity index (χ1n) is 6.17. The molecule has 2 N–H and O–H groups in total. The van der Waals surface area contributed by atoms with Gasteiger partial charge in [-0.25, -0.2) is 4.39 Å². The first kappa shape index (κ1) is 14.3. The van der Waals surface area contributed by atoms with E-state index in [0.717, 1.165) is 37.9 Å². The van der Waals surface area contributed by atoms with Gasteiger partial charge in [0.25, 0.3) is 0 Å². The first-order chi connectivity index (χ1) is 8.89. The summed E-state index contributed by atoms with van der Waals surface area (Å²) in [5, 5.41) is 13.1. The van der Waals surface area contributed by atoms with Crippen LogP contribution in [0.1, 0.15) is 36.5 Å². The summed E-state index contributed by atoms with van der Waals surface area (Å²) >= 11 is 0. The number of benzene rings is 1. The van der Waals surface area contributed by atoms with E-state index in [4.69, 9.17) is 0 Å². The molecule has 0 aliphatic carbocycles. The van der Waals surface area contributed by atoms with Gasteiger partial charge in [0.15, 0.2) is 0 Å². The number of hydrogen-bond acceptors (Lipinski definition) is 2. The molecule has 1 aromatic carbocycles. The van der Waals surface area contributed by atoms with E-state index in [1.165, 1.54) is 0 Å². The second-order valence-electron chi connectivity index (χ2n) is 4.74. The molecule has 2 nitrogen and oxygen atoms in total. The molecule has 2 unspecified atom stereocenters. The molecule has 1 fully saturated rings. The summed E-state index contributed by atoms with van der Waals surface area (Å²) in [6, 6.07) is 2.35. The molecule has 6 heteroatoms. The highest BCUT2D eigenvalue weighted by atomic mass is 19.4. The van der Waals surface area contributed by atoms with Gasteiger partial charge in [-0.15, -0.1) is 0 Å². The van der Waals surface area contributed by atoms with E-state index in [0.29, 0.717) is 6.07 Å². The summed E-state index contributed by atoms with van der Waals surface area (Å²) in [4.78, 5) is 0. The maximum absolute atomic E-state index is 13.4. The molecule has 0 spiro atoms. The average Bonchev–Trinajstić information content (AvgIpc) is 2.37. The van der Waals surface area contributed by atoms with Crippen LogP contribution in [-0.2, 0) is 6.18 Å². The van der Waals surface area contributed by atoms with Crippen molar-refractivity contribution in [2.45, 2.75) is 37.6 Å². The van der Waals surface area contributed by atoms with Gasteiger partial charge >= 0.3 is 6.18 Å². The van der Waals surface area contributed by atoms with Gasteiger partial charge in [0, 0.05) is 6.04 Å². The summed E-state index contributed by atoms with van der Waals surface area (Å²) in [6.45, 7) is 0.755. The highest BCUT2D eigenvalue weighted by molar-refractivity contribution is 5.28.